The fraction of sp³-hybridized carbons (Fsp3) is 0.111. The van der Waals surface area contributed by atoms with Crippen molar-refractivity contribution in [2.24, 2.45) is 0 Å². The Bertz CT molecular complexity index is 1250. The number of rotatable bonds is 4. The zero-order chi connectivity index (χ0) is 19.8. The third-order valence-corrected chi connectivity index (χ3v) is 5.13. The Kier molecular flexibility index (Phi) is 4.70. The third-order valence-electron chi connectivity index (χ3n) is 3.86. The van der Waals surface area contributed by atoms with Gasteiger partial charge in [0, 0.05) is 5.69 Å². The first-order valence-corrected chi connectivity index (χ1v) is 9.29. The number of nitrogens with zero attached hydrogens (tertiary/aromatic N) is 3. The van der Waals surface area contributed by atoms with Crippen LogP contribution in [-0.2, 0) is 11.3 Å². The number of aryl methyl sites for hydroxylation is 1. The van der Waals surface area contributed by atoms with Gasteiger partial charge in [-0.25, -0.2) is 14.1 Å². The summed E-state index contributed by atoms with van der Waals surface area (Å²) < 4.78 is 20.3. The molecule has 0 saturated carbocycles. The van der Waals surface area contributed by atoms with Gasteiger partial charge in [-0.05, 0) is 37.3 Å². The minimum absolute atomic E-state index is 0.118. The minimum atomic E-state index is -0.593. The van der Waals surface area contributed by atoms with E-state index in [1.807, 2.05) is 0 Å². The molecule has 3 heterocycles. The van der Waals surface area contributed by atoms with E-state index in [1.54, 1.807) is 19.1 Å². The first-order valence-electron chi connectivity index (χ1n) is 8.09. The van der Waals surface area contributed by atoms with Crippen molar-refractivity contribution in [1.29, 1.82) is 0 Å². The molecule has 0 spiro atoms. The lowest BCUT2D eigenvalue weighted by Gasteiger charge is -2.09. The van der Waals surface area contributed by atoms with Crippen molar-refractivity contribution in [3.8, 4) is 11.5 Å². The second-order valence-electron chi connectivity index (χ2n) is 5.88. The Morgan fingerprint density at radius 1 is 1.39 bits per heavy atom. The Labute approximate surface area is 166 Å². The lowest BCUT2D eigenvalue weighted by atomic mass is 10.3. The predicted molar refractivity (Wildman–Crippen MR) is 104 cm³/mol. The molecule has 0 aliphatic rings. The monoisotopic (exact) mass is 418 g/mol. The van der Waals surface area contributed by atoms with Gasteiger partial charge in [-0.1, -0.05) is 11.6 Å². The maximum absolute atomic E-state index is 13.3. The number of carbonyl (C=O) groups is 1. The molecule has 3 aromatic heterocycles. The van der Waals surface area contributed by atoms with Crippen LogP contribution >= 0.6 is 22.9 Å². The summed E-state index contributed by atoms with van der Waals surface area (Å²) in [5, 5.41) is 7.45. The molecule has 28 heavy (non-hydrogen) atoms. The highest BCUT2D eigenvalue weighted by Gasteiger charge is 2.19. The Balaban J connectivity index is 1.70. The van der Waals surface area contributed by atoms with E-state index < -0.39 is 17.3 Å². The normalized spacial score (nSPS) is 11.1. The molecule has 0 bridgehead atoms. The molecule has 0 fully saturated rings. The number of aromatic nitrogens is 3. The number of benzene rings is 1. The third kappa shape index (κ3) is 3.41. The first kappa shape index (κ1) is 18.3. The number of hydrogen-bond acceptors (Lipinski definition) is 6. The largest absolute Gasteiger partial charge is 0.463 e. The number of anilines is 1. The van der Waals surface area contributed by atoms with Crippen LogP contribution < -0.4 is 10.9 Å². The van der Waals surface area contributed by atoms with Crippen LogP contribution in [0.15, 0.2) is 45.8 Å². The highest BCUT2D eigenvalue weighted by Crippen LogP contribution is 2.29. The molecule has 0 saturated heterocycles. The van der Waals surface area contributed by atoms with E-state index in [9.17, 15) is 14.0 Å². The fourth-order valence-electron chi connectivity index (χ4n) is 2.66. The maximum Gasteiger partial charge on any atom is 0.294 e. The lowest BCUT2D eigenvalue weighted by Crippen LogP contribution is -2.30. The number of carbonyl (C=O) groups excluding carboxylic acids is 1. The average molecular weight is 419 g/mol. The van der Waals surface area contributed by atoms with E-state index >= 15 is 0 Å². The van der Waals surface area contributed by atoms with Gasteiger partial charge in [0.05, 0.1) is 21.0 Å². The van der Waals surface area contributed by atoms with Gasteiger partial charge in [-0.3, -0.25) is 9.59 Å². The van der Waals surface area contributed by atoms with E-state index in [2.05, 4.69) is 15.4 Å². The van der Waals surface area contributed by atoms with Crippen LogP contribution in [0.3, 0.4) is 0 Å². The molecule has 0 aliphatic heterocycles. The van der Waals surface area contributed by atoms with Crippen LogP contribution in [-0.4, -0.2) is 20.7 Å². The number of nitrogens with one attached hydrogen (secondary N) is 1. The number of amides is 1. The molecule has 0 radical (unpaired) electrons. The van der Waals surface area contributed by atoms with Crippen LogP contribution in [0.5, 0.6) is 0 Å². The van der Waals surface area contributed by atoms with E-state index in [-0.39, 0.29) is 17.1 Å². The standard InChI is InChI=1S/C18H12ClFN4O3S/c1-9-21-16-17(28-9)15(13-3-2-6-27-13)23-24(18(16)26)8-14(25)22-10-4-5-12(20)11(19)7-10/h2-7H,8H2,1H3,(H,22,25). The summed E-state index contributed by atoms with van der Waals surface area (Å²) in [6, 6.07) is 7.22. The van der Waals surface area contributed by atoms with E-state index in [0.29, 0.717) is 26.8 Å². The number of halogens is 2. The van der Waals surface area contributed by atoms with Gasteiger partial charge in [0.1, 0.15) is 18.1 Å². The van der Waals surface area contributed by atoms with Crippen molar-refractivity contribution in [3.63, 3.8) is 0 Å². The molecule has 1 N–H and O–H groups in total. The van der Waals surface area contributed by atoms with Gasteiger partial charge in [0.2, 0.25) is 5.91 Å². The average Bonchev–Trinajstić information content (AvgIpc) is 3.30. The van der Waals surface area contributed by atoms with Crippen molar-refractivity contribution >= 4 is 44.7 Å². The summed E-state index contributed by atoms with van der Waals surface area (Å²) >= 11 is 7.04. The molecular weight excluding hydrogens is 407 g/mol. The van der Waals surface area contributed by atoms with Crippen molar-refractivity contribution in [1.82, 2.24) is 14.8 Å². The molecule has 0 aliphatic carbocycles. The van der Waals surface area contributed by atoms with Gasteiger partial charge in [-0.2, -0.15) is 5.10 Å². The van der Waals surface area contributed by atoms with Crippen LogP contribution in [0.4, 0.5) is 10.1 Å². The molecule has 4 aromatic rings. The van der Waals surface area contributed by atoms with E-state index in [1.165, 1.54) is 29.7 Å². The molecule has 10 heteroatoms. The number of furan rings is 1. The smallest absolute Gasteiger partial charge is 0.294 e. The Morgan fingerprint density at radius 3 is 2.93 bits per heavy atom. The minimum Gasteiger partial charge on any atom is -0.463 e. The zero-order valence-electron chi connectivity index (χ0n) is 14.4. The number of thiazole rings is 1. The molecule has 1 aromatic carbocycles. The quantitative estimate of drug-likeness (QED) is 0.543. The summed E-state index contributed by atoms with van der Waals surface area (Å²) in [4.78, 5) is 29.4. The van der Waals surface area contributed by atoms with Gasteiger partial charge < -0.3 is 9.73 Å². The first-order chi connectivity index (χ1) is 13.4. The van der Waals surface area contributed by atoms with Crippen molar-refractivity contribution < 1.29 is 13.6 Å². The number of hydrogen-bond donors (Lipinski definition) is 1. The van der Waals surface area contributed by atoms with E-state index in [0.717, 1.165) is 10.7 Å². The second-order valence-corrected chi connectivity index (χ2v) is 7.49. The van der Waals surface area contributed by atoms with Crippen molar-refractivity contribution in [2.45, 2.75) is 13.5 Å². The number of fused-ring (bicyclic) bond motifs is 1. The van der Waals surface area contributed by atoms with Crippen molar-refractivity contribution in [2.75, 3.05) is 5.32 Å². The summed E-state index contributed by atoms with van der Waals surface area (Å²) in [6.45, 7) is 1.43. The second kappa shape index (κ2) is 7.17. The summed E-state index contributed by atoms with van der Waals surface area (Å²) in [7, 11) is 0. The molecule has 4 rings (SSSR count). The summed E-state index contributed by atoms with van der Waals surface area (Å²) in [5.74, 6) is -0.646. The summed E-state index contributed by atoms with van der Waals surface area (Å²) in [6.07, 6.45) is 1.50. The molecule has 0 atom stereocenters. The Morgan fingerprint density at radius 2 is 2.21 bits per heavy atom. The van der Waals surface area contributed by atoms with Crippen LogP contribution in [0.25, 0.3) is 21.7 Å². The maximum atomic E-state index is 13.3. The van der Waals surface area contributed by atoms with Gasteiger partial charge in [0.25, 0.3) is 5.56 Å². The van der Waals surface area contributed by atoms with Crippen LogP contribution in [0.2, 0.25) is 5.02 Å². The van der Waals surface area contributed by atoms with Crippen LogP contribution in [0, 0.1) is 12.7 Å². The highest BCUT2D eigenvalue weighted by molar-refractivity contribution is 7.19. The van der Waals surface area contributed by atoms with Gasteiger partial charge >= 0.3 is 0 Å². The lowest BCUT2D eigenvalue weighted by molar-refractivity contribution is -0.117. The SMILES string of the molecule is Cc1nc2c(=O)n(CC(=O)Nc3ccc(F)c(Cl)c3)nc(-c3ccco3)c2s1. The molecule has 0 unspecified atom stereocenters. The molecule has 142 valence electrons. The van der Waals surface area contributed by atoms with E-state index in [4.69, 9.17) is 16.0 Å². The summed E-state index contributed by atoms with van der Waals surface area (Å²) in [5.41, 5.74) is 0.479. The van der Waals surface area contributed by atoms with Gasteiger partial charge in [0.15, 0.2) is 11.3 Å². The molecule has 7 nitrogen and oxygen atoms in total. The highest BCUT2D eigenvalue weighted by atomic mass is 35.5. The fourth-order valence-corrected chi connectivity index (χ4v) is 3.74. The predicted octanol–water partition coefficient (Wildman–Crippen LogP) is 3.85. The van der Waals surface area contributed by atoms with Crippen LogP contribution in [0.1, 0.15) is 5.01 Å². The topological polar surface area (TPSA) is 90.0 Å². The Hall–Kier alpha value is -3.04. The molecular formula is C18H12ClFN4O3S. The zero-order valence-corrected chi connectivity index (χ0v) is 16.0. The van der Waals surface area contributed by atoms with Crippen molar-refractivity contribution in [3.05, 3.63) is 62.8 Å². The van der Waals surface area contributed by atoms with Gasteiger partial charge in [-0.15, -0.1) is 11.3 Å². The molecule has 1 amide bonds.